The van der Waals surface area contributed by atoms with Crippen molar-refractivity contribution in [2.24, 2.45) is 5.92 Å². The number of carboxylic acids is 1. The van der Waals surface area contributed by atoms with Crippen molar-refractivity contribution in [2.75, 3.05) is 11.9 Å². The van der Waals surface area contributed by atoms with E-state index in [1.165, 1.54) is 0 Å². The molecular formula is C15H18N2O2. The first-order valence-electron chi connectivity index (χ1n) is 6.38. The van der Waals surface area contributed by atoms with Crippen LogP contribution in [0.25, 0.3) is 10.9 Å². The van der Waals surface area contributed by atoms with Crippen molar-refractivity contribution >= 4 is 22.7 Å². The van der Waals surface area contributed by atoms with E-state index in [2.05, 4.69) is 16.4 Å². The quantitative estimate of drug-likeness (QED) is 0.865. The Morgan fingerprint density at radius 1 is 1.42 bits per heavy atom. The molecule has 2 rings (SSSR count). The molecule has 1 unspecified atom stereocenters. The molecule has 4 nitrogen and oxygen atoms in total. The molecule has 0 amide bonds. The summed E-state index contributed by atoms with van der Waals surface area (Å²) in [6, 6.07) is 10.0. The van der Waals surface area contributed by atoms with Crippen LogP contribution in [0.4, 0.5) is 5.82 Å². The lowest BCUT2D eigenvalue weighted by Gasteiger charge is -2.13. The standard InChI is InChI=1S/C15H18N2O2/c1-10(7-14(18)19)9-16-15-11(2)8-12-5-3-4-6-13(12)17-15/h3-6,8,10H,7,9H2,1-2H3,(H,16,17)(H,18,19). The number of nitrogens with zero attached hydrogens (tertiary/aromatic N) is 1. The number of aromatic nitrogens is 1. The second-order valence-electron chi connectivity index (χ2n) is 4.93. The fourth-order valence-corrected chi connectivity index (χ4v) is 2.04. The zero-order valence-electron chi connectivity index (χ0n) is 11.2. The highest BCUT2D eigenvalue weighted by atomic mass is 16.4. The van der Waals surface area contributed by atoms with Gasteiger partial charge in [-0.05, 0) is 30.5 Å². The predicted octanol–water partition coefficient (Wildman–Crippen LogP) is 3.07. The smallest absolute Gasteiger partial charge is 0.303 e. The van der Waals surface area contributed by atoms with E-state index < -0.39 is 5.97 Å². The Hall–Kier alpha value is -2.10. The van der Waals surface area contributed by atoms with Crippen molar-refractivity contribution in [1.29, 1.82) is 0 Å². The average Bonchev–Trinajstić information content (AvgIpc) is 2.35. The maximum atomic E-state index is 10.6. The van der Waals surface area contributed by atoms with Gasteiger partial charge in [-0.2, -0.15) is 0 Å². The molecular weight excluding hydrogens is 240 g/mol. The van der Waals surface area contributed by atoms with E-state index in [4.69, 9.17) is 5.11 Å². The van der Waals surface area contributed by atoms with E-state index in [-0.39, 0.29) is 12.3 Å². The summed E-state index contributed by atoms with van der Waals surface area (Å²) >= 11 is 0. The average molecular weight is 258 g/mol. The van der Waals surface area contributed by atoms with Gasteiger partial charge in [0.15, 0.2) is 0 Å². The molecule has 4 heteroatoms. The van der Waals surface area contributed by atoms with E-state index in [0.717, 1.165) is 22.3 Å². The third-order valence-electron chi connectivity index (χ3n) is 3.06. The zero-order valence-corrected chi connectivity index (χ0v) is 11.2. The van der Waals surface area contributed by atoms with E-state index in [1.54, 1.807) is 0 Å². The normalized spacial score (nSPS) is 12.3. The minimum absolute atomic E-state index is 0.0742. The van der Waals surface area contributed by atoms with E-state index in [0.29, 0.717) is 6.54 Å². The number of fused-ring (bicyclic) bond motifs is 1. The molecule has 0 bridgehead atoms. The molecule has 0 aliphatic carbocycles. The number of aliphatic carboxylic acids is 1. The first-order valence-corrected chi connectivity index (χ1v) is 6.38. The van der Waals surface area contributed by atoms with Gasteiger partial charge < -0.3 is 10.4 Å². The van der Waals surface area contributed by atoms with Gasteiger partial charge >= 0.3 is 5.97 Å². The Morgan fingerprint density at radius 2 is 2.16 bits per heavy atom. The van der Waals surface area contributed by atoms with Crippen LogP contribution in [0.1, 0.15) is 18.9 Å². The number of aryl methyl sites for hydroxylation is 1. The summed E-state index contributed by atoms with van der Waals surface area (Å²) in [5, 5.41) is 13.1. The molecule has 100 valence electrons. The van der Waals surface area contributed by atoms with Gasteiger partial charge in [0.25, 0.3) is 0 Å². The third-order valence-corrected chi connectivity index (χ3v) is 3.06. The van der Waals surface area contributed by atoms with E-state index >= 15 is 0 Å². The Labute approximate surface area is 112 Å². The van der Waals surface area contributed by atoms with Crippen LogP contribution in [0.5, 0.6) is 0 Å². The number of carbonyl (C=O) groups is 1. The summed E-state index contributed by atoms with van der Waals surface area (Å²) in [7, 11) is 0. The molecule has 1 aromatic carbocycles. The maximum absolute atomic E-state index is 10.6. The monoisotopic (exact) mass is 258 g/mol. The van der Waals surface area contributed by atoms with Crippen LogP contribution in [0.15, 0.2) is 30.3 Å². The lowest BCUT2D eigenvalue weighted by molar-refractivity contribution is -0.137. The number of hydrogen-bond donors (Lipinski definition) is 2. The summed E-state index contributed by atoms with van der Waals surface area (Å²) in [4.78, 5) is 15.2. The van der Waals surface area contributed by atoms with E-state index in [9.17, 15) is 4.79 Å². The number of benzene rings is 1. The number of pyridine rings is 1. The largest absolute Gasteiger partial charge is 0.481 e. The van der Waals surface area contributed by atoms with Crippen LogP contribution in [-0.4, -0.2) is 22.6 Å². The van der Waals surface area contributed by atoms with Crippen LogP contribution in [-0.2, 0) is 4.79 Å². The molecule has 0 saturated heterocycles. The van der Waals surface area contributed by atoms with Crippen molar-refractivity contribution < 1.29 is 9.90 Å². The van der Waals surface area contributed by atoms with Crippen LogP contribution < -0.4 is 5.32 Å². The fraction of sp³-hybridized carbons (Fsp3) is 0.333. The van der Waals surface area contributed by atoms with Gasteiger partial charge in [-0.15, -0.1) is 0 Å². The topological polar surface area (TPSA) is 62.2 Å². The molecule has 0 saturated carbocycles. The molecule has 19 heavy (non-hydrogen) atoms. The minimum atomic E-state index is -0.766. The van der Waals surface area contributed by atoms with Gasteiger partial charge in [0.2, 0.25) is 0 Å². The highest BCUT2D eigenvalue weighted by Crippen LogP contribution is 2.19. The van der Waals surface area contributed by atoms with Crippen LogP contribution in [0.2, 0.25) is 0 Å². The Morgan fingerprint density at radius 3 is 2.89 bits per heavy atom. The Balaban J connectivity index is 2.12. The van der Waals surface area contributed by atoms with Crippen molar-refractivity contribution in [3.63, 3.8) is 0 Å². The van der Waals surface area contributed by atoms with Crippen LogP contribution >= 0.6 is 0 Å². The molecule has 1 aromatic heterocycles. The first kappa shape index (κ1) is 13.3. The maximum Gasteiger partial charge on any atom is 0.303 e. The number of para-hydroxylation sites is 1. The zero-order chi connectivity index (χ0) is 13.8. The molecule has 0 radical (unpaired) electrons. The molecule has 0 aliphatic heterocycles. The van der Waals surface area contributed by atoms with Gasteiger partial charge in [-0.25, -0.2) is 4.98 Å². The minimum Gasteiger partial charge on any atom is -0.481 e. The van der Waals surface area contributed by atoms with Crippen LogP contribution in [0, 0.1) is 12.8 Å². The molecule has 2 aromatic rings. The Bertz CT molecular complexity index is 596. The van der Waals surface area contributed by atoms with Crippen LogP contribution in [0.3, 0.4) is 0 Å². The molecule has 0 spiro atoms. The van der Waals surface area contributed by atoms with Gasteiger partial charge in [-0.3, -0.25) is 4.79 Å². The van der Waals surface area contributed by atoms with Crippen molar-refractivity contribution in [1.82, 2.24) is 4.98 Å². The molecule has 0 aliphatic rings. The number of rotatable bonds is 5. The number of hydrogen-bond acceptors (Lipinski definition) is 3. The van der Waals surface area contributed by atoms with Gasteiger partial charge in [-0.1, -0.05) is 25.1 Å². The number of carboxylic acid groups (broad SMARTS) is 1. The summed E-state index contributed by atoms with van der Waals surface area (Å²) < 4.78 is 0. The fourth-order valence-electron chi connectivity index (χ4n) is 2.04. The van der Waals surface area contributed by atoms with E-state index in [1.807, 2.05) is 38.1 Å². The first-order chi connectivity index (χ1) is 9.06. The molecule has 1 heterocycles. The lowest BCUT2D eigenvalue weighted by Crippen LogP contribution is -2.16. The van der Waals surface area contributed by atoms with Crippen molar-refractivity contribution in [2.45, 2.75) is 20.3 Å². The Kier molecular flexibility index (Phi) is 4.00. The molecule has 1 atom stereocenters. The van der Waals surface area contributed by atoms with Crippen molar-refractivity contribution in [3.8, 4) is 0 Å². The van der Waals surface area contributed by atoms with Crippen molar-refractivity contribution in [3.05, 3.63) is 35.9 Å². The summed E-state index contributed by atoms with van der Waals surface area (Å²) in [6.07, 6.45) is 0.166. The van der Waals surface area contributed by atoms with Gasteiger partial charge in [0, 0.05) is 18.4 Å². The predicted molar refractivity (Wildman–Crippen MR) is 76.4 cm³/mol. The summed E-state index contributed by atoms with van der Waals surface area (Å²) in [5.41, 5.74) is 2.02. The summed E-state index contributed by atoms with van der Waals surface area (Å²) in [5.74, 6) is 0.138. The highest BCUT2D eigenvalue weighted by molar-refractivity contribution is 5.81. The number of nitrogens with one attached hydrogen (secondary N) is 1. The third kappa shape index (κ3) is 3.44. The number of anilines is 1. The second-order valence-corrected chi connectivity index (χ2v) is 4.93. The molecule has 2 N–H and O–H groups in total. The van der Waals surface area contributed by atoms with Gasteiger partial charge in [0.05, 0.1) is 5.52 Å². The highest BCUT2D eigenvalue weighted by Gasteiger charge is 2.09. The summed E-state index contributed by atoms with van der Waals surface area (Å²) in [6.45, 7) is 4.53. The SMILES string of the molecule is Cc1cc2ccccc2nc1NCC(C)CC(=O)O. The molecule has 0 fully saturated rings. The second kappa shape index (κ2) is 5.69. The van der Waals surface area contributed by atoms with Gasteiger partial charge in [0.1, 0.15) is 5.82 Å². The lowest BCUT2D eigenvalue weighted by atomic mass is 10.1.